The van der Waals surface area contributed by atoms with E-state index in [0.717, 1.165) is 24.5 Å². The number of aliphatic hydroxyl groups is 1. The van der Waals surface area contributed by atoms with Gasteiger partial charge >= 0.3 is 0 Å². The van der Waals surface area contributed by atoms with E-state index in [9.17, 15) is 5.11 Å². The zero-order valence-electron chi connectivity index (χ0n) is 14.0. The summed E-state index contributed by atoms with van der Waals surface area (Å²) in [7, 11) is 6.05. The van der Waals surface area contributed by atoms with Crippen molar-refractivity contribution in [3.8, 4) is 5.75 Å². The lowest BCUT2D eigenvalue weighted by Gasteiger charge is -2.30. The number of hydrogen-bond acceptors (Lipinski definition) is 5. The molecule has 1 aliphatic heterocycles. The first kappa shape index (κ1) is 17.1. The molecule has 1 saturated heterocycles. The Kier molecular flexibility index (Phi) is 6.49. The van der Waals surface area contributed by atoms with Gasteiger partial charge in [0.05, 0.1) is 0 Å². The first-order valence-corrected chi connectivity index (χ1v) is 8.03. The fourth-order valence-corrected chi connectivity index (χ4v) is 2.70. The van der Waals surface area contributed by atoms with Crippen LogP contribution in [0.5, 0.6) is 5.75 Å². The van der Waals surface area contributed by atoms with Crippen LogP contribution in [0.15, 0.2) is 24.3 Å². The third-order valence-electron chi connectivity index (χ3n) is 3.96. The third kappa shape index (κ3) is 5.83. The van der Waals surface area contributed by atoms with E-state index in [1.165, 1.54) is 12.8 Å². The lowest BCUT2D eigenvalue weighted by atomic mass is 10.1. The second-order valence-electron chi connectivity index (χ2n) is 6.47. The topological polar surface area (TPSA) is 48.0 Å². The number of aliphatic hydroxyl groups excluding tert-OH is 1. The summed E-state index contributed by atoms with van der Waals surface area (Å²) in [4.78, 5) is 4.32. The zero-order chi connectivity index (χ0) is 15.9. The van der Waals surface area contributed by atoms with Crippen molar-refractivity contribution in [3.05, 3.63) is 24.3 Å². The standard InChI is InChI=1S/C17H29N3O2/c1-19(2)12-16(21)13-22-17-6-4-14(5-7-17)18-15-8-10-20(3)11-9-15/h4-7,15-16,18,21H,8-13H2,1-3H3. The van der Waals surface area contributed by atoms with Crippen LogP contribution < -0.4 is 10.1 Å². The Hall–Kier alpha value is -1.30. The summed E-state index contributed by atoms with van der Waals surface area (Å²) in [6.07, 6.45) is 1.91. The molecule has 124 valence electrons. The summed E-state index contributed by atoms with van der Waals surface area (Å²) in [6.45, 7) is 3.24. The van der Waals surface area contributed by atoms with Crippen molar-refractivity contribution in [3.63, 3.8) is 0 Å². The van der Waals surface area contributed by atoms with Gasteiger partial charge in [-0.3, -0.25) is 0 Å². The Labute approximate surface area is 133 Å². The van der Waals surface area contributed by atoms with E-state index >= 15 is 0 Å². The van der Waals surface area contributed by atoms with Crippen molar-refractivity contribution in [1.82, 2.24) is 9.80 Å². The molecule has 0 radical (unpaired) electrons. The van der Waals surface area contributed by atoms with Crippen LogP contribution in [-0.2, 0) is 0 Å². The van der Waals surface area contributed by atoms with Crippen LogP contribution >= 0.6 is 0 Å². The first-order valence-electron chi connectivity index (χ1n) is 8.03. The number of rotatable bonds is 7. The summed E-state index contributed by atoms with van der Waals surface area (Å²) in [5.74, 6) is 0.798. The molecule has 0 saturated carbocycles. The molecule has 5 nitrogen and oxygen atoms in total. The molecule has 0 spiro atoms. The number of nitrogens with one attached hydrogen (secondary N) is 1. The lowest BCUT2D eigenvalue weighted by molar-refractivity contribution is 0.0831. The molecule has 0 bridgehead atoms. The maximum atomic E-state index is 9.79. The molecule has 0 amide bonds. The van der Waals surface area contributed by atoms with Gasteiger partial charge in [-0.25, -0.2) is 0 Å². The predicted molar refractivity (Wildman–Crippen MR) is 90.6 cm³/mol. The van der Waals surface area contributed by atoms with Gasteiger partial charge in [-0.15, -0.1) is 0 Å². The molecule has 1 aromatic carbocycles. The number of ether oxygens (including phenoxy) is 1. The molecule has 1 aliphatic rings. The van der Waals surface area contributed by atoms with Gasteiger partial charge < -0.3 is 25.0 Å². The highest BCUT2D eigenvalue weighted by molar-refractivity contribution is 5.47. The smallest absolute Gasteiger partial charge is 0.119 e. The Morgan fingerprint density at radius 2 is 1.91 bits per heavy atom. The molecule has 2 N–H and O–H groups in total. The van der Waals surface area contributed by atoms with Gasteiger partial charge in [0, 0.05) is 18.3 Å². The molecule has 1 unspecified atom stereocenters. The van der Waals surface area contributed by atoms with Crippen molar-refractivity contribution < 1.29 is 9.84 Å². The average molecular weight is 307 g/mol. The van der Waals surface area contributed by atoms with Gasteiger partial charge in [-0.1, -0.05) is 0 Å². The summed E-state index contributed by atoms with van der Waals surface area (Å²) in [6, 6.07) is 8.57. The second kappa shape index (κ2) is 8.36. The number of piperidine rings is 1. The normalized spacial score (nSPS) is 18.4. The summed E-state index contributed by atoms with van der Waals surface area (Å²) < 4.78 is 5.62. The lowest BCUT2D eigenvalue weighted by Crippen LogP contribution is -2.36. The number of hydrogen-bond donors (Lipinski definition) is 2. The number of likely N-dealkylation sites (tertiary alicyclic amines) is 1. The van der Waals surface area contributed by atoms with Crippen LogP contribution in [0.25, 0.3) is 0 Å². The average Bonchev–Trinajstić information content (AvgIpc) is 2.48. The van der Waals surface area contributed by atoms with Crippen molar-refractivity contribution in [2.45, 2.75) is 25.0 Å². The highest BCUT2D eigenvalue weighted by Gasteiger charge is 2.16. The van der Waals surface area contributed by atoms with Gasteiger partial charge in [0.1, 0.15) is 18.5 Å². The van der Waals surface area contributed by atoms with Gasteiger partial charge in [0.15, 0.2) is 0 Å². The van der Waals surface area contributed by atoms with E-state index in [2.05, 4.69) is 17.3 Å². The summed E-state index contributed by atoms with van der Waals surface area (Å²) in [5, 5.41) is 13.4. The minimum Gasteiger partial charge on any atom is -0.491 e. The SMILES string of the molecule is CN(C)CC(O)COc1ccc(NC2CCN(C)CC2)cc1. The quantitative estimate of drug-likeness (QED) is 0.799. The van der Waals surface area contributed by atoms with Crippen molar-refractivity contribution in [1.29, 1.82) is 0 Å². The number of nitrogens with zero attached hydrogens (tertiary/aromatic N) is 2. The van der Waals surface area contributed by atoms with Gasteiger partial charge in [-0.2, -0.15) is 0 Å². The van der Waals surface area contributed by atoms with Crippen molar-refractivity contribution >= 4 is 5.69 Å². The zero-order valence-corrected chi connectivity index (χ0v) is 14.0. The number of likely N-dealkylation sites (N-methyl/N-ethyl adjacent to an activating group) is 1. The molecular weight excluding hydrogens is 278 g/mol. The highest BCUT2D eigenvalue weighted by atomic mass is 16.5. The molecule has 1 fully saturated rings. The maximum absolute atomic E-state index is 9.79. The molecule has 0 aliphatic carbocycles. The highest BCUT2D eigenvalue weighted by Crippen LogP contribution is 2.19. The van der Waals surface area contributed by atoms with Crippen LogP contribution in [0.3, 0.4) is 0 Å². The van der Waals surface area contributed by atoms with Crippen LogP contribution in [0.4, 0.5) is 5.69 Å². The molecule has 5 heteroatoms. The van der Waals surface area contributed by atoms with E-state index in [0.29, 0.717) is 19.2 Å². The molecule has 1 atom stereocenters. The predicted octanol–water partition coefficient (Wildman–Crippen LogP) is 1.49. The summed E-state index contributed by atoms with van der Waals surface area (Å²) >= 11 is 0. The van der Waals surface area contributed by atoms with E-state index in [4.69, 9.17) is 4.74 Å². The van der Waals surface area contributed by atoms with E-state index < -0.39 is 6.10 Å². The molecule has 22 heavy (non-hydrogen) atoms. The largest absolute Gasteiger partial charge is 0.491 e. The van der Waals surface area contributed by atoms with Gasteiger partial charge in [0.2, 0.25) is 0 Å². The van der Waals surface area contributed by atoms with E-state index in [1.54, 1.807) is 0 Å². The summed E-state index contributed by atoms with van der Waals surface area (Å²) in [5.41, 5.74) is 1.13. The Morgan fingerprint density at radius 1 is 1.27 bits per heavy atom. The Bertz CT molecular complexity index is 428. The minimum atomic E-state index is -0.466. The minimum absolute atomic E-state index is 0.319. The molecule has 0 aromatic heterocycles. The van der Waals surface area contributed by atoms with Gasteiger partial charge in [0.25, 0.3) is 0 Å². The number of benzene rings is 1. The van der Waals surface area contributed by atoms with Crippen molar-refractivity contribution in [2.75, 3.05) is 52.7 Å². The Morgan fingerprint density at radius 3 is 2.50 bits per heavy atom. The first-order chi connectivity index (χ1) is 10.5. The van der Waals surface area contributed by atoms with Crippen LogP contribution in [0, 0.1) is 0 Å². The van der Waals surface area contributed by atoms with Crippen LogP contribution in [-0.4, -0.2) is 74.4 Å². The van der Waals surface area contributed by atoms with Crippen LogP contribution in [0.1, 0.15) is 12.8 Å². The Balaban J connectivity index is 1.75. The number of anilines is 1. The molecule has 1 heterocycles. The van der Waals surface area contributed by atoms with Crippen molar-refractivity contribution in [2.24, 2.45) is 0 Å². The fraction of sp³-hybridized carbons (Fsp3) is 0.647. The maximum Gasteiger partial charge on any atom is 0.119 e. The third-order valence-corrected chi connectivity index (χ3v) is 3.96. The fourth-order valence-electron chi connectivity index (χ4n) is 2.70. The van der Waals surface area contributed by atoms with E-state index in [1.807, 2.05) is 43.3 Å². The molecule has 1 aromatic rings. The second-order valence-corrected chi connectivity index (χ2v) is 6.47. The molecular formula is C17H29N3O2. The van der Waals surface area contributed by atoms with E-state index in [-0.39, 0.29) is 0 Å². The monoisotopic (exact) mass is 307 g/mol. The van der Waals surface area contributed by atoms with Gasteiger partial charge in [-0.05, 0) is 71.3 Å². The van der Waals surface area contributed by atoms with Crippen LogP contribution in [0.2, 0.25) is 0 Å². The molecule has 2 rings (SSSR count).